The number of nitrogens with zero attached hydrogens (tertiary/aromatic N) is 2. The second kappa shape index (κ2) is 3.79. The number of carbonyl (C=O) groups excluding carboxylic acids is 1. The molecule has 0 unspecified atom stereocenters. The highest BCUT2D eigenvalue weighted by Gasteiger charge is 2.30. The molecule has 0 aliphatic carbocycles. The predicted molar refractivity (Wildman–Crippen MR) is 47.6 cm³/mol. The van der Waals surface area contributed by atoms with Gasteiger partial charge in [-0.1, -0.05) is 5.16 Å². The number of hydrogen-bond donors (Lipinski definition) is 1. The molecule has 0 aromatic carbocycles. The number of aliphatic hydroxyl groups is 1. The Morgan fingerprint density at radius 1 is 1.79 bits per heavy atom. The minimum atomic E-state index is -0.181. The zero-order valence-electron chi connectivity index (χ0n) is 7.72. The molecule has 76 valence electrons. The number of rotatable bonds is 2. The molecule has 14 heavy (non-hydrogen) atoms. The van der Waals surface area contributed by atoms with Gasteiger partial charge in [-0.25, -0.2) is 0 Å². The molecule has 1 fully saturated rings. The van der Waals surface area contributed by atoms with E-state index >= 15 is 0 Å². The van der Waals surface area contributed by atoms with Gasteiger partial charge < -0.3 is 14.5 Å². The van der Waals surface area contributed by atoms with Crippen LogP contribution in [0.4, 0.5) is 0 Å². The summed E-state index contributed by atoms with van der Waals surface area (Å²) in [6.07, 6.45) is 3.23. The van der Waals surface area contributed by atoms with Crippen LogP contribution in [0, 0.1) is 0 Å². The van der Waals surface area contributed by atoms with E-state index in [0.29, 0.717) is 6.54 Å². The molecule has 1 aromatic heterocycles. The van der Waals surface area contributed by atoms with Crippen LogP contribution in [-0.2, 0) is 0 Å². The maximum absolute atomic E-state index is 11.8. The second-order valence-corrected chi connectivity index (χ2v) is 3.35. The first-order valence-corrected chi connectivity index (χ1v) is 4.65. The molecular formula is C9H12N2O3. The number of likely N-dealkylation sites (tertiary alicyclic amines) is 1. The lowest BCUT2D eigenvalue weighted by Gasteiger charge is -2.21. The lowest BCUT2D eigenvalue weighted by atomic mass is 10.2. The first-order valence-electron chi connectivity index (χ1n) is 4.65. The number of amides is 1. The summed E-state index contributed by atoms with van der Waals surface area (Å²) in [5.74, 6) is 0.0596. The number of aromatic nitrogens is 1. The van der Waals surface area contributed by atoms with Gasteiger partial charge in [-0.15, -0.1) is 0 Å². The largest absolute Gasteiger partial charge is 0.394 e. The summed E-state index contributed by atoms with van der Waals surface area (Å²) in [7, 11) is 0. The normalized spacial score (nSPS) is 21.5. The molecule has 1 N–H and O–H groups in total. The van der Waals surface area contributed by atoms with Crippen molar-refractivity contribution in [1.82, 2.24) is 10.1 Å². The van der Waals surface area contributed by atoms with E-state index < -0.39 is 0 Å². The molecule has 1 atom stereocenters. The molecule has 0 spiro atoms. The Bertz CT molecular complexity index is 310. The topological polar surface area (TPSA) is 66.6 Å². The highest BCUT2D eigenvalue weighted by Crippen LogP contribution is 2.19. The fourth-order valence-corrected chi connectivity index (χ4v) is 1.76. The van der Waals surface area contributed by atoms with Crippen LogP contribution in [0.1, 0.15) is 23.4 Å². The SMILES string of the molecule is O=C(c1ccno1)N1CCC[C@@H]1CO. The number of carbonyl (C=O) groups is 1. The first kappa shape index (κ1) is 9.21. The zero-order chi connectivity index (χ0) is 9.97. The van der Waals surface area contributed by atoms with Crippen molar-refractivity contribution in [3.8, 4) is 0 Å². The summed E-state index contributed by atoms with van der Waals surface area (Å²) in [6, 6.07) is 1.47. The average molecular weight is 196 g/mol. The third-order valence-corrected chi connectivity index (χ3v) is 2.50. The summed E-state index contributed by atoms with van der Waals surface area (Å²) in [6.45, 7) is 0.699. The fourth-order valence-electron chi connectivity index (χ4n) is 1.76. The third-order valence-electron chi connectivity index (χ3n) is 2.50. The van der Waals surface area contributed by atoms with Crippen LogP contribution in [0.25, 0.3) is 0 Å². The predicted octanol–water partition coefficient (Wildman–Crippen LogP) is 0.272. The lowest BCUT2D eigenvalue weighted by Crippen LogP contribution is -2.37. The van der Waals surface area contributed by atoms with Crippen molar-refractivity contribution in [3.63, 3.8) is 0 Å². The van der Waals surface area contributed by atoms with Crippen LogP contribution in [0.2, 0.25) is 0 Å². The molecule has 1 aliphatic heterocycles. The molecule has 2 rings (SSSR count). The monoisotopic (exact) mass is 196 g/mol. The van der Waals surface area contributed by atoms with E-state index in [0.717, 1.165) is 12.8 Å². The van der Waals surface area contributed by atoms with E-state index in [1.54, 1.807) is 4.90 Å². The van der Waals surface area contributed by atoms with E-state index in [9.17, 15) is 4.79 Å². The Morgan fingerprint density at radius 3 is 3.29 bits per heavy atom. The highest BCUT2D eigenvalue weighted by atomic mass is 16.5. The van der Waals surface area contributed by atoms with Gasteiger partial charge in [0.1, 0.15) is 0 Å². The molecule has 0 saturated carbocycles. The van der Waals surface area contributed by atoms with Gasteiger partial charge in [-0.05, 0) is 12.8 Å². The van der Waals surface area contributed by atoms with E-state index in [4.69, 9.17) is 9.63 Å². The van der Waals surface area contributed by atoms with Crippen LogP contribution in [0.5, 0.6) is 0 Å². The maximum Gasteiger partial charge on any atom is 0.292 e. The molecule has 0 radical (unpaired) electrons. The third kappa shape index (κ3) is 1.50. The van der Waals surface area contributed by atoms with Crippen LogP contribution in [0.3, 0.4) is 0 Å². The van der Waals surface area contributed by atoms with Gasteiger partial charge in [-0.3, -0.25) is 4.79 Å². The molecule has 1 aromatic rings. The van der Waals surface area contributed by atoms with Gasteiger partial charge in [-0.2, -0.15) is 0 Å². The average Bonchev–Trinajstić information content (AvgIpc) is 2.87. The quantitative estimate of drug-likeness (QED) is 0.737. The molecule has 1 amide bonds. The van der Waals surface area contributed by atoms with Crippen LogP contribution < -0.4 is 0 Å². The first-order chi connectivity index (χ1) is 6.83. The fraction of sp³-hybridized carbons (Fsp3) is 0.556. The molecular weight excluding hydrogens is 184 g/mol. The van der Waals surface area contributed by atoms with E-state index in [2.05, 4.69) is 5.16 Å². The Kier molecular flexibility index (Phi) is 2.49. The maximum atomic E-state index is 11.8. The van der Waals surface area contributed by atoms with Crippen molar-refractivity contribution in [2.24, 2.45) is 0 Å². The van der Waals surface area contributed by atoms with Gasteiger partial charge in [0.2, 0.25) is 5.76 Å². The second-order valence-electron chi connectivity index (χ2n) is 3.35. The summed E-state index contributed by atoms with van der Waals surface area (Å²) in [4.78, 5) is 13.4. The molecule has 0 bridgehead atoms. The standard InChI is InChI=1S/C9H12N2O3/c12-6-7-2-1-5-11(7)9(13)8-3-4-10-14-8/h3-4,7,12H,1-2,5-6H2/t7-/m1/s1. The van der Waals surface area contributed by atoms with Crippen molar-refractivity contribution in [2.75, 3.05) is 13.2 Å². The Labute approximate surface area is 81.3 Å². The van der Waals surface area contributed by atoms with E-state index in [-0.39, 0.29) is 24.3 Å². The number of aliphatic hydroxyl groups excluding tert-OH is 1. The molecule has 1 aliphatic rings. The van der Waals surface area contributed by atoms with Gasteiger partial charge >= 0.3 is 0 Å². The Balaban J connectivity index is 2.11. The van der Waals surface area contributed by atoms with Crippen molar-refractivity contribution < 1.29 is 14.4 Å². The summed E-state index contributed by atoms with van der Waals surface area (Å²) >= 11 is 0. The minimum Gasteiger partial charge on any atom is -0.394 e. The van der Waals surface area contributed by atoms with Gasteiger partial charge in [0.05, 0.1) is 18.8 Å². The smallest absolute Gasteiger partial charge is 0.292 e. The van der Waals surface area contributed by atoms with Crippen molar-refractivity contribution in [2.45, 2.75) is 18.9 Å². The van der Waals surface area contributed by atoms with Crippen LogP contribution in [0.15, 0.2) is 16.8 Å². The molecule has 5 heteroatoms. The van der Waals surface area contributed by atoms with E-state index in [1.165, 1.54) is 12.3 Å². The highest BCUT2D eigenvalue weighted by molar-refractivity contribution is 5.91. The Morgan fingerprint density at radius 2 is 2.64 bits per heavy atom. The van der Waals surface area contributed by atoms with Crippen molar-refractivity contribution in [1.29, 1.82) is 0 Å². The summed E-state index contributed by atoms with van der Waals surface area (Å²) < 4.78 is 4.78. The van der Waals surface area contributed by atoms with Gasteiger partial charge in [0.25, 0.3) is 5.91 Å². The van der Waals surface area contributed by atoms with Crippen molar-refractivity contribution in [3.05, 3.63) is 18.0 Å². The minimum absolute atomic E-state index is 0.0138. The summed E-state index contributed by atoms with van der Waals surface area (Å²) in [5, 5.41) is 12.5. The molecule has 2 heterocycles. The van der Waals surface area contributed by atoms with Crippen molar-refractivity contribution >= 4 is 5.91 Å². The zero-order valence-corrected chi connectivity index (χ0v) is 7.72. The summed E-state index contributed by atoms with van der Waals surface area (Å²) in [5.41, 5.74) is 0. The Hall–Kier alpha value is -1.36. The van der Waals surface area contributed by atoms with Gasteiger partial charge in [0, 0.05) is 12.6 Å². The van der Waals surface area contributed by atoms with Crippen LogP contribution in [-0.4, -0.2) is 40.3 Å². The molecule has 1 saturated heterocycles. The van der Waals surface area contributed by atoms with E-state index in [1.807, 2.05) is 0 Å². The van der Waals surface area contributed by atoms with Gasteiger partial charge in [0.15, 0.2) is 0 Å². The lowest BCUT2D eigenvalue weighted by molar-refractivity contribution is 0.0636. The molecule has 5 nitrogen and oxygen atoms in total. The number of hydrogen-bond acceptors (Lipinski definition) is 4. The van der Waals surface area contributed by atoms with Crippen LogP contribution >= 0.6 is 0 Å².